The highest BCUT2D eigenvalue weighted by Crippen LogP contribution is 2.41. The van der Waals surface area contributed by atoms with Gasteiger partial charge in [0, 0.05) is 5.92 Å². The SMILES string of the molecule is Cc1ccsc1-c1nc(C2CC2)c(Br)c(=O)[nH]1. The zero-order valence-electron chi connectivity index (χ0n) is 9.29. The minimum Gasteiger partial charge on any atom is -0.305 e. The third-order valence-corrected chi connectivity index (χ3v) is 4.72. The van der Waals surface area contributed by atoms with Crippen LogP contribution >= 0.6 is 27.3 Å². The molecule has 1 aliphatic rings. The van der Waals surface area contributed by atoms with Crippen LogP contribution in [0.4, 0.5) is 0 Å². The Balaban J connectivity index is 2.18. The molecule has 0 radical (unpaired) electrons. The number of rotatable bonds is 2. The second kappa shape index (κ2) is 4.07. The molecule has 3 nitrogen and oxygen atoms in total. The van der Waals surface area contributed by atoms with E-state index in [1.807, 2.05) is 18.4 Å². The van der Waals surface area contributed by atoms with Crippen LogP contribution in [0, 0.1) is 6.92 Å². The molecule has 0 unspecified atom stereocenters. The second-order valence-corrected chi connectivity index (χ2v) is 6.03. The van der Waals surface area contributed by atoms with Crippen LogP contribution in [0.15, 0.2) is 20.7 Å². The summed E-state index contributed by atoms with van der Waals surface area (Å²) in [6, 6.07) is 2.04. The van der Waals surface area contributed by atoms with Crippen molar-refractivity contribution in [3.8, 4) is 10.7 Å². The van der Waals surface area contributed by atoms with E-state index in [9.17, 15) is 4.79 Å². The molecule has 88 valence electrons. The fourth-order valence-electron chi connectivity index (χ4n) is 1.83. The molecule has 17 heavy (non-hydrogen) atoms. The maximum absolute atomic E-state index is 11.9. The molecule has 2 aromatic rings. The summed E-state index contributed by atoms with van der Waals surface area (Å²) in [5.41, 5.74) is 1.99. The fraction of sp³-hybridized carbons (Fsp3) is 0.333. The number of aromatic nitrogens is 2. The summed E-state index contributed by atoms with van der Waals surface area (Å²) >= 11 is 4.94. The summed E-state index contributed by atoms with van der Waals surface area (Å²) in [7, 11) is 0. The van der Waals surface area contributed by atoms with Crippen molar-refractivity contribution in [1.82, 2.24) is 9.97 Å². The Morgan fingerprint density at radius 1 is 1.53 bits per heavy atom. The van der Waals surface area contributed by atoms with Gasteiger partial charge in [0.1, 0.15) is 4.47 Å². The molecule has 2 aromatic heterocycles. The van der Waals surface area contributed by atoms with Gasteiger partial charge in [-0.1, -0.05) is 0 Å². The lowest BCUT2D eigenvalue weighted by atomic mass is 10.2. The maximum Gasteiger partial charge on any atom is 0.265 e. The second-order valence-electron chi connectivity index (χ2n) is 4.32. The van der Waals surface area contributed by atoms with Gasteiger partial charge in [0.2, 0.25) is 0 Å². The van der Waals surface area contributed by atoms with Crippen molar-refractivity contribution < 1.29 is 0 Å². The molecule has 0 atom stereocenters. The standard InChI is InChI=1S/C12H11BrN2OS/c1-6-4-5-17-10(6)11-14-9(7-2-3-7)8(13)12(16)15-11/h4-5,7H,2-3H2,1H3,(H,14,15,16). The summed E-state index contributed by atoms with van der Waals surface area (Å²) in [5, 5.41) is 2.02. The summed E-state index contributed by atoms with van der Waals surface area (Å²) < 4.78 is 0.595. The summed E-state index contributed by atoms with van der Waals surface area (Å²) in [6.07, 6.45) is 2.27. The van der Waals surface area contributed by atoms with Crippen molar-refractivity contribution in [3.05, 3.63) is 37.5 Å². The Bertz CT molecular complexity index is 628. The molecule has 1 saturated carbocycles. The zero-order valence-corrected chi connectivity index (χ0v) is 11.7. The first kappa shape index (κ1) is 11.2. The topological polar surface area (TPSA) is 45.8 Å². The molecule has 0 aromatic carbocycles. The normalized spacial score (nSPS) is 15.2. The smallest absolute Gasteiger partial charge is 0.265 e. The predicted molar refractivity (Wildman–Crippen MR) is 72.6 cm³/mol. The minimum atomic E-state index is -0.0790. The fourth-order valence-corrected chi connectivity index (χ4v) is 3.21. The van der Waals surface area contributed by atoms with Gasteiger partial charge in [-0.15, -0.1) is 11.3 Å². The zero-order chi connectivity index (χ0) is 12.0. The molecule has 0 bridgehead atoms. The number of halogens is 1. The first-order valence-corrected chi connectivity index (χ1v) is 7.18. The first-order chi connectivity index (χ1) is 8.16. The molecule has 0 saturated heterocycles. The third kappa shape index (κ3) is 1.98. The van der Waals surface area contributed by atoms with Crippen molar-refractivity contribution in [2.75, 3.05) is 0 Å². The lowest BCUT2D eigenvalue weighted by Gasteiger charge is -2.05. The Labute approximate surface area is 111 Å². The Morgan fingerprint density at radius 3 is 2.88 bits per heavy atom. The van der Waals surface area contributed by atoms with Gasteiger partial charge in [-0.25, -0.2) is 4.98 Å². The number of H-pyrrole nitrogens is 1. The molecule has 0 aliphatic heterocycles. The quantitative estimate of drug-likeness (QED) is 0.923. The maximum atomic E-state index is 11.9. The summed E-state index contributed by atoms with van der Waals surface area (Å²) in [5.74, 6) is 1.17. The van der Waals surface area contributed by atoms with Gasteiger partial charge in [0.05, 0.1) is 10.6 Å². The van der Waals surface area contributed by atoms with Crippen molar-refractivity contribution in [3.63, 3.8) is 0 Å². The molecule has 2 heterocycles. The molecule has 0 amide bonds. The lowest BCUT2D eigenvalue weighted by molar-refractivity contribution is 0.961. The van der Waals surface area contributed by atoms with Gasteiger partial charge in [0.25, 0.3) is 5.56 Å². The number of thiophene rings is 1. The number of hydrogen-bond acceptors (Lipinski definition) is 3. The van der Waals surface area contributed by atoms with Crippen LogP contribution in [0.25, 0.3) is 10.7 Å². The summed E-state index contributed by atoms with van der Waals surface area (Å²) in [6.45, 7) is 2.03. The van der Waals surface area contributed by atoms with Crippen molar-refractivity contribution in [2.45, 2.75) is 25.7 Å². The third-order valence-electron chi connectivity index (χ3n) is 2.93. The van der Waals surface area contributed by atoms with Crippen LogP contribution < -0.4 is 5.56 Å². The van der Waals surface area contributed by atoms with E-state index in [1.165, 1.54) is 0 Å². The van der Waals surface area contributed by atoms with Crippen LogP contribution in [0.5, 0.6) is 0 Å². The number of nitrogens with zero attached hydrogens (tertiary/aromatic N) is 1. The van der Waals surface area contributed by atoms with E-state index >= 15 is 0 Å². The van der Waals surface area contributed by atoms with Crippen molar-refractivity contribution in [1.29, 1.82) is 0 Å². The number of hydrogen-bond donors (Lipinski definition) is 1. The van der Waals surface area contributed by atoms with Gasteiger partial charge in [-0.05, 0) is 52.7 Å². The molecule has 1 fully saturated rings. The van der Waals surface area contributed by atoms with Crippen molar-refractivity contribution in [2.24, 2.45) is 0 Å². The Morgan fingerprint density at radius 2 is 2.29 bits per heavy atom. The minimum absolute atomic E-state index is 0.0790. The van der Waals surface area contributed by atoms with E-state index < -0.39 is 0 Å². The summed E-state index contributed by atoms with van der Waals surface area (Å²) in [4.78, 5) is 20.4. The molecule has 1 aliphatic carbocycles. The molecule has 5 heteroatoms. The van der Waals surface area contributed by atoms with Crippen LogP contribution in [0.1, 0.15) is 30.0 Å². The average molecular weight is 311 g/mol. The number of aryl methyl sites for hydroxylation is 1. The highest BCUT2D eigenvalue weighted by Gasteiger charge is 2.29. The number of nitrogens with one attached hydrogen (secondary N) is 1. The van der Waals surface area contributed by atoms with E-state index in [1.54, 1.807) is 11.3 Å². The highest BCUT2D eigenvalue weighted by atomic mass is 79.9. The van der Waals surface area contributed by atoms with Crippen molar-refractivity contribution >= 4 is 27.3 Å². The Hall–Kier alpha value is -0.940. The van der Waals surface area contributed by atoms with Crippen LogP contribution in [-0.2, 0) is 0 Å². The van der Waals surface area contributed by atoms with Crippen LogP contribution in [0.3, 0.4) is 0 Å². The van der Waals surface area contributed by atoms with Gasteiger partial charge >= 0.3 is 0 Å². The Kier molecular flexibility index (Phi) is 2.67. The number of aromatic amines is 1. The predicted octanol–water partition coefficient (Wildman–Crippen LogP) is 3.45. The largest absolute Gasteiger partial charge is 0.305 e. The molecular weight excluding hydrogens is 300 g/mol. The first-order valence-electron chi connectivity index (χ1n) is 5.51. The highest BCUT2D eigenvalue weighted by molar-refractivity contribution is 9.10. The molecule has 1 N–H and O–H groups in total. The van der Waals surface area contributed by atoms with Gasteiger partial charge in [0.15, 0.2) is 5.82 Å². The van der Waals surface area contributed by atoms with E-state index in [2.05, 4.69) is 25.9 Å². The lowest BCUT2D eigenvalue weighted by Crippen LogP contribution is -2.13. The average Bonchev–Trinajstić information content (AvgIpc) is 3.05. The van der Waals surface area contributed by atoms with Gasteiger partial charge < -0.3 is 4.98 Å². The van der Waals surface area contributed by atoms with E-state index in [4.69, 9.17) is 0 Å². The van der Waals surface area contributed by atoms with Gasteiger partial charge in [-0.3, -0.25) is 4.79 Å². The molecule has 3 rings (SSSR count). The van der Waals surface area contributed by atoms with E-state index in [0.717, 1.165) is 29.0 Å². The van der Waals surface area contributed by atoms with Gasteiger partial charge in [-0.2, -0.15) is 0 Å². The molecular formula is C12H11BrN2OS. The van der Waals surface area contributed by atoms with E-state index in [0.29, 0.717) is 16.2 Å². The van der Waals surface area contributed by atoms with Crippen LogP contribution in [0.2, 0.25) is 0 Å². The van der Waals surface area contributed by atoms with E-state index in [-0.39, 0.29) is 5.56 Å². The molecule has 0 spiro atoms. The van der Waals surface area contributed by atoms with Crippen LogP contribution in [-0.4, -0.2) is 9.97 Å². The monoisotopic (exact) mass is 310 g/mol.